The summed E-state index contributed by atoms with van der Waals surface area (Å²) < 4.78 is 7.84. The molecule has 1 unspecified atom stereocenters. The third-order valence-corrected chi connectivity index (χ3v) is 7.29. The number of piperazine rings is 1. The monoisotopic (exact) mass is 562 g/mol. The van der Waals surface area contributed by atoms with E-state index in [1.165, 1.54) is 23.8 Å². The number of rotatable bonds is 11. The number of nitrogens with two attached hydrogens (primary N) is 1. The number of carboxylic acid groups (broad SMARTS) is 3. The Bertz CT molecular complexity index is 1200. The maximum absolute atomic E-state index is 11.5. The first kappa shape index (κ1) is 31.0. The van der Waals surface area contributed by atoms with Crippen molar-refractivity contribution >= 4 is 34.7 Å². The minimum atomic E-state index is -2.74. The lowest BCUT2D eigenvalue weighted by molar-refractivity contribution is -0.170. The zero-order valence-corrected chi connectivity index (χ0v) is 22.6. The maximum Gasteiger partial charge on any atom is 0.336 e. The summed E-state index contributed by atoms with van der Waals surface area (Å²) in [5.74, 6) is -5.32. The van der Waals surface area contributed by atoms with Gasteiger partial charge in [0.05, 0.1) is 18.9 Å². The first-order valence-electron chi connectivity index (χ1n) is 13.2. The Hall–Kier alpha value is -3.52. The van der Waals surface area contributed by atoms with E-state index < -0.39 is 36.4 Å². The van der Waals surface area contributed by atoms with E-state index in [0.717, 1.165) is 57.1 Å². The molecule has 2 saturated heterocycles. The SMILES string of the molecule is Cc1c(CN2CCN(CC3CCCO3)CC2)c2ccccc2n1CC(N)=O.O=C(O)CC(O)(CC(=O)O)C(=O)O. The molecule has 0 bridgehead atoms. The van der Waals surface area contributed by atoms with E-state index in [9.17, 15) is 19.2 Å². The van der Waals surface area contributed by atoms with Crippen molar-refractivity contribution in [1.29, 1.82) is 0 Å². The Balaban J connectivity index is 0.000000289. The van der Waals surface area contributed by atoms with Crippen LogP contribution in [0.4, 0.5) is 0 Å². The molecule has 1 amide bonds. The van der Waals surface area contributed by atoms with E-state index in [0.29, 0.717) is 6.10 Å². The number of hydrogen-bond acceptors (Lipinski definition) is 8. The Morgan fingerprint density at radius 1 is 1.00 bits per heavy atom. The van der Waals surface area contributed by atoms with Crippen LogP contribution < -0.4 is 5.73 Å². The number of aromatic nitrogens is 1. The Morgan fingerprint density at radius 3 is 2.12 bits per heavy atom. The number of benzene rings is 1. The van der Waals surface area contributed by atoms with Gasteiger partial charge in [-0.05, 0) is 31.4 Å². The van der Waals surface area contributed by atoms with Gasteiger partial charge in [-0.15, -0.1) is 0 Å². The predicted octanol–water partition coefficient (Wildman–Crippen LogP) is 0.483. The highest BCUT2D eigenvalue weighted by molar-refractivity contribution is 5.88. The first-order valence-corrected chi connectivity index (χ1v) is 13.2. The lowest BCUT2D eigenvalue weighted by Crippen LogP contribution is -2.48. The maximum atomic E-state index is 11.5. The highest BCUT2D eigenvalue weighted by atomic mass is 16.5. The average Bonchev–Trinajstić information content (AvgIpc) is 3.47. The molecule has 13 nitrogen and oxygen atoms in total. The van der Waals surface area contributed by atoms with E-state index >= 15 is 0 Å². The molecule has 4 rings (SSSR count). The molecule has 2 aliphatic heterocycles. The zero-order chi connectivity index (χ0) is 29.4. The zero-order valence-electron chi connectivity index (χ0n) is 22.6. The number of carbonyl (C=O) groups excluding carboxylic acids is 1. The molecule has 220 valence electrons. The number of ether oxygens (including phenoxy) is 1. The number of aliphatic carboxylic acids is 3. The van der Waals surface area contributed by atoms with E-state index in [4.69, 9.17) is 30.9 Å². The van der Waals surface area contributed by atoms with E-state index in [-0.39, 0.29) is 12.5 Å². The molecule has 1 aromatic carbocycles. The number of nitrogens with zero attached hydrogens (tertiary/aromatic N) is 3. The van der Waals surface area contributed by atoms with Crippen LogP contribution in [0.15, 0.2) is 24.3 Å². The standard InChI is InChI=1S/C21H30N4O2.C6H8O7/c1-16-19(18-6-2-3-7-20(18)25(16)15-21(22)26)14-24-10-8-23(9-11-24)13-17-5-4-12-27-17;7-3(8)1-6(13,5(11)12)2-4(9)10/h2-3,6-7,17H,4-5,8-15H2,1H3,(H2,22,26);13H,1-2H2,(H,7,8)(H,9,10)(H,11,12). The fourth-order valence-corrected chi connectivity index (χ4v) is 5.21. The van der Waals surface area contributed by atoms with Gasteiger partial charge in [-0.25, -0.2) is 4.79 Å². The van der Waals surface area contributed by atoms with Crippen molar-refractivity contribution in [2.45, 2.75) is 57.4 Å². The van der Waals surface area contributed by atoms with Crippen LogP contribution in [0.5, 0.6) is 0 Å². The Kier molecular flexibility index (Phi) is 10.6. The molecule has 0 aliphatic carbocycles. The largest absolute Gasteiger partial charge is 0.481 e. The van der Waals surface area contributed by atoms with Crippen LogP contribution in [0.25, 0.3) is 10.9 Å². The normalized spacial score (nSPS) is 18.3. The highest BCUT2D eigenvalue weighted by Gasteiger charge is 2.40. The minimum absolute atomic E-state index is 0.238. The van der Waals surface area contributed by atoms with Gasteiger partial charge in [0.25, 0.3) is 0 Å². The van der Waals surface area contributed by atoms with Crippen molar-refractivity contribution in [3.8, 4) is 0 Å². The molecular weight excluding hydrogens is 524 g/mol. The van der Waals surface area contributed by atoms with Crippen molar-refractivity contribution in [3.63, 3.8) is 0 Å². The molecule has 13 heteroatoms. The van der Waals surface area contributed by atoms with Crippen molar-refractivity contribution in [2.75, 3.05) is 39.3 Å². The van der Waals surface area contributed by atoms with Gasteiger partial charge in [0.2, 0.25) is 5.91 Å². The van der Waals surface area contributed by atoms with Crippen LogP contribution in [0.2, 0.25) is 0 Å². The second-order valence-electron chi connectivity index (χ2n) is 10.3. The van der Waals surface area contributed by atoms with Crippen molar-refractivity contribution in [3.05, 3.63) is 35.5 Å². The fourth-order valence-electron chi connectivity index (χ4n) is 5.21. The van der Waals surface area contributed by atoms with Gasteiger partial charge in [-0.2, -0.15) is 0 Å². The van der Waals surface area contributed by atoms with E-state index in [2.05, 4.69) is 39.5 Å². The lowest BCUT2D eigenvalue weighted by atomic mass is 9.96. The Morgan fingerprint density at radius 2 is 1.60 bits per heavy atom. The number of amides is 1. The van der Waals surface area contributed by atoms with E-state index in [1.54, 1.807) is 0 Å². The molecule has 40 heavy (non-hydrogen) atoms. The summed E-state index contributed by atoms with van der Waals surface area (Å²) in [7, 11) is 0. The van der Waals surface area contributed by atoms with E-state index in [1.807, 2.05) is 6.07 Å². The smallest absolute Gasteiger partial charge is 0.336 e. The van der Waals surface area contributed by atoms with Crippen LogP contribution in [0, 0.1) is 6.92 Å². The Labute approximate surface area is 231 Å². The molecule has 2 aromatic rings. The first-order chi connectivity index (χ1) is 18.9. The molecule has 0 radical (unpaired) electrons. The number of fused-ring (bicyclic) bond motifs is 1. The summed E-state index contributed by atoms with van der Waals surface area (Å²) in [6.07, 6.45) is 0.562. The molecule has 0 saturated carbocycles. The second-order valence-corrected chi connectivity index (χ2v) is 10.3. The molecule has 0 spiro atoms. The number of carboxylic acids is 3. The molecular formula is C27H38N4O9. The summed E-state index contributed by atoms with van der Waals surface area (Å²) in [5, 5.41) is 35.0. The quantitative estimate of drug-likeness (QED) is 0.255. The highest BCUT2D eigenvalue weighted by Crippen LogP contribution is 2.27. The van der Waals surface area contributed by atoms with Gasteiger partial charge >= 0.3 is 17.9 Å². The van der Waals surface area contributed by atoms with Gasteiger partial charge in [0.15, 0.2) is 5.60 Å². The van der Waals surface area contributed by atoms with Gasteiger partial charge in [-0.1, -0.05) is 18.2 Å². The van der Waals surface area contributed by atoms with Crippen LogP contribution >= 0.6 is 0 Å². The third kappa shape index (κ3) is 8.24. The third-order valence-electron chi connectivity index (χ3n) is 7.29. The minimum Gasteiger partial charge on any atom is -0.481 e. The fraction of sp³-hybridized carbons (Fsp3) is 0.556. The van der Waals surface area contributed by atoms with Crippen LogP contribution in [-0.4, -0.2) is 110 Å². The van der Waals surface area contributed by atoms with Gasteiger partial charge in [0, 0.05) is 62.5 Å². The number of aliphatic hydroxyl groups is 1. The van der Waals surface area contributed by atoms with Gasteiger partial charge in [0.1, 0.15) is 6.54 Å². The topological polar surface area (TPSA) is 196 Å². The average molecular weight is 563 g/mol. The molecule has 2 aliphatic rings. The van der Waals surface area contributed by atoms with Gasteiger partial charge < -0.3 is 35.5 Å². The number of carbonyl (C=O) groups is 4. The summed E-state index contributed by atoms with van der Waals surface area (Å²) in [4.78, 5) is 47.1. The van der Waals surface area contributed by atoms with Crippen LogP contribution in [0.1, 0.15) is 36.9 Å². The number of primary amides is 1. The molecule has 3 heterocycles. The van der Waals surface area contributed by atoms with Crippen molar-refractivity contribution < 1.29 is 44.3 Å². The summed E-state index contributed by atoms with van der Waals surface area (Å²) >= 11 is 0. The molecule has 1 atom stereocenters. The van der Waals surface area contributed by atoms with Gasteiger partial charge in [-0.3, -0.25) is 24.2 Å². The molecule has 2 fully saturated rings. The summed E-state index contributed by atoms with van der Waals surface area (Å²) in [6, 6.07) is 8.32. The number of hydrogen-bond donors (Lipinski definition) is 5. The molecule has 6 N–H and O–H groups in total. The number of para-hydroxylation sites is 1. The van der Waals surface area contributed by atoms with Crippen molar-refractivity contribution in [2.24, 2.45) is 5.73 Å². The summed E-state index contributed by atoms with van der Waals surface area (Å²) in [6.45, 7) is 9.60. The lowest BCUT2D eigenvalue weighted by Gasteiger charge is -2.35. The predicted molar refractivity (Wildman–Crippen MR) is 144 cm³/mol. The second kappa shape index (κ2) is 13.7. The van der Waals surface area contributed by atoms with Crippen molar-refractivity contribution in [1.82, 2.24) is 14.4 Å². The van der Waals surface area contributed by atoms with Crippen LogP contribution in [-0.2, 0) is 37.0 Å². The van der Waals surface area contributed by atoms with Crippen LogP contribution in [0.3, 0.4) is 0 Å². The molecule has 1 aromatic heterocycles. The summed E-state index contributed by atoms with van der Waals surface area (Å²) in [5.41, 5.74) is 6.30.